The molecular weight excluding hydrogens is 394 g/mol. The molecule has 5 nitrogen and oxygen atoms in total. The van der Waals surface area contributed by atoms with Gasteiger partial charge in [0.25, 0.3) is 0 Å². The van der Waals surface area contributed by atoms with Crippen LogP contribution in [-0.2, 0) is 0 Å². The Hall–Kier alpha value is -2.99. The zero-order chi connectivity index (χ0) is 21.3. The van der Waals surface area contributed by atoms with E-state index in [9.17, 15) is 0 Å². The molecule has 2 heterocycles. The summed E-state index contributed by atoms with van der Waals surface area (Å²) in [5.74, 6) is 1.39. The Morgan fingerprint density at radius 1 is 1.00 bits per heavy atom. The second-order valence-electron chi connectivity index (χ2n) is 8.14. The van der Waals surface area contributed by atoms with Gasteiger partial charge in [0.15, 0.2) is 17.8 Å². The molecule has 1 aromatic heterocycles. The Labute approximate surface area is 182 Å². The number of ether oxygens (including phenoxy) is 2. The molecule has 0 aliphatic carbocycles. The Morgan fingerprint density at radius 3 is 2.40 bits per heavy atom. The van der Waals surface area contributed by atoms with E-state index >= 15 is 0 Å². The molecule has 1 N–H and O–H groups in total. The maximum atomic E-state index is 5.47. The third-order valence-corrected chi connectivity index (χ3v) is 6.00. The zero-order valence-corrected chi connectivity index (χ0v) is 18.8. The number of nitrogens with one attached hydrogen (secondary N) is 1. The van der Waals surface area contributed by atoms with Gasteiger partial charge in [0.2, 0.25) is 0 Å². The summed E-state index contributed by atoms with van der Waals surface area (Å²) < 4.78 is 10.8. The number of hydrogen-bond donors (Lipinski definition) is 1. The quantitative estimate of drug-likeness (QED) is 0.560. The van der Waals surface area contributed by atoms with E-state index in [4.69, 9.17) is 14.5 Å². The normalized spacial score (nSPS) is 15.6. The van der Waals surface area contributed by atoms with E-state index in [1.165, 1.54) is 21.7 Å². The first-order valence-corrected chi connectivity index (χ1v) is 10.8. The Morgan fingerprint density at radius 2 is 1.73 bits per heavy atom. The van der Waals surface area contributed by atoms with Crippen LogP contribution in [-0.4, -0.2) is 32.3 Å². The summed E-state index contributed by atoms with van der Waals surface area (Å²) in [4.78, 5) is 8.38. The van der Waals surface area contributed by atoms with Crippen LogP contribution in [0.15, 0.2) is 58.9 Å². The summed E-state index contributed by atoms with van der Waals surface area (Å²) in [5.41, 5.74) is 4.43. The fourth-order valence-electron chi connectivity index (χ4n) is 3.74. The highest BCUT2D eigenvalue weighted by atomic mass is 32.1. The Balaban J connectivity index is 1.74. The van der Waals surface area contributed by atoms with Crippen LogP contribution in [0.3, 0.4) is 0 Å². The highest BCUT2D eigenvalue weighted by molar-refractivity contribution is 7.13. The van der Waals surface area contributed by atoms with Crippen molar-refractivity contribution in [2.45, 2.75) is 32.6 Å². The van der Waals surface area contributed by atoms with Gasteiger partial charge in [-0.25, -0.2) is 4.99 Å². The highest BCUT2D eigenvalue weighted by Crippen LogP contribution is 2.44. The standard InChI is InChI=1S/C24H27N3O2S/c1-24(2,3)27-22-18(16-9-7-6-8-10-16)15-30-21(22)14-25-23(27)26-17-11-12-19(28-4)20(13-17)29-5/h6-15,23,26H,1-5H3. The summed E-state index contributed by atoms with van der Waals surface area (Å²) in [7, 11) is 3.28. The Kier molecular flexibility index (Phi) is 5.43. The molecule has 1 unspecified atom stereocenters. The summed E-state index contributed by atoms with van der Waals surface area (Å²) >= 11 is 1.73. The molecule has 0 radical (unpaired) electrons. The van der Waals surface area contributed by atoms with Crippen molar-refractivity contribution >= 4 is 28.9 Å². The van der Waals surface area contributed by atoms with Crippen molar-refractivity contribution in [2.75, 3.05) is 24.4 Å². The maximum Gasteiger partial charge on any atom is 0.197 e. The number of thiophene rings is 1. The van der Waals surface area contributed by atoms with E-state index in [0.717, 1.165) is 5.69 Å². The van der Waals surface area contributed by atoms with Crippen LogP contribution in [0.5, 0.6) is 11.5 Å². The van der Waals surface area contributed by atoms with Gasteiger partial charge in [0, 0.05) is 34.5 Å². The van der Waals surface area contributed by atoms with Gasteiger partial charge >= 0.3 is 0 Å². The molecule has 6 heteroatoms. The van der Waals surface area contributed by atoms with Crippen LogP contribution < -0.4 is 19.7 Å². The first-order chi connectivity index (χ1) is 14.4. The first-order valence-electron chi connectivity index (χ1n) is 9.90. The van der Waals surface area contributed by atoms with Gasteiger partial charge < -0.3 is 19.7 Å². The molecule has 0 saturated heterocycles. The lowest BCUT2D eigenvalue weighted by molar-refractivity contribution is 0.355. The van der Waals surface area contributed by atoms with Gasteiger partial charge in [-0.2, -0.15) is 0 Å². The minimum atomic E-state index is -0.243. The fraction of sp³-hybridized carbons (Fsp3) is 0.292. The molecular formula is C24H27N3O2S. The van der Waals surface area contributed by atoms with Crippen LogP contribution in [0.2, 0.25) is 0 Å². The second-order valence-corrected chi connectivity index (χ2v) is 9.05. The van der Waals surface area contributed by atoms with E-state index < -0.39 is 0 Å². The molecule has 156 valence electrons. The summed E-state index contributed by atoms with van der Waals surface area (Å²) in [6, 6.07) is 16.4. The average Bonchev–Trinajstić information content (AvgIpc) is 3.17. The monoisotopic (exact) mass is 421 g/mol. The third-order valence-electron chi connectivity index (χ3n) is 5.10. The number of nitrogens with zero attached hydrogens (tertiary/aromatic N) is 2. The van der Waals surface area contributed by atoms with Crippen molar-refractivity contribution in [2.24, 2.45) is 4.99 Å². The van der Waals surface area contributed by atoms with Gasteiger partial charge in [-0.3, -0.25) is 0 Å². The molecule has 2 aromatic carbocycles. The summed E-state index contributed by atoms with van der Waals surface area (Å²) in [6.07, 6.45) is 1.74. The number of rotatable bonds is 5. The molecule has 3 aromatic rings. The number of anilines is 2. The predicted molar refractivity (Wildman–Crippen MR) is 127 cm³/mol. The predicted octanol–water partition coefficient (Wildman–Crippen LogP) is 5.87. The Bertz CT molecular complexity index is 1050. The van der Waals surface area contributed by atoms with Gasteiger partial charge in [-0.15, -0.1) is 11.3 Å². The number of fused-ring (bicyclic) bond motifs is 1. The van der Waals surface area contributed by atoms with Gasteiger partial charge in [-0.1, -0.05) is 30.3 Å². The lowest BCUT2D eigenvalue weighted by atomic mass is 9.99. The summed E-state index contributed by atoms with van der Waals surface area (Å²) in [6.45, 7) is 6.65. The lowest BCUT2D eigenvalue weighted by Crippen LogP contribution is -2.52. The van der Waals surface area contributed by atoms with E-state index in [1.54, 1.807) is 25.6 Å². The zero-order valence-electron chi connectivity index (χ0n) is 18.0. The van der Waals surface area contributed by atoms with Crippen molar-refractivity contribution < 1.29 is 9.47 Å². The van der Waals surface area contributed by atoms with Crippen LogP contribution in [0.4, 0.5) is 11.4 Å². The maximum absolute atomic E-state index is 5.47. The molecule has 4 rings (SSSR count). The first kappa shape index (κ1) is 20.3. The topological polar surface area (TPSA) is 46.1 Å². The number of methoxy groups -OCH3 is 2. The number of benzene rings is 2. The van der Waals surface area contributed by atoms with Crippen LogP contribution in [0.1, 0.15) is 25.6 Å². The largest absolute Gasteiger partial charge is 0.493 e. The van der Waals surface area contributed by atoms with Crippen LogP contribution >= 0.6 is 11.3 Å². The molecule has 30 heavy (non-hydrogen) atoms. The molecule has 0 bridgehead atoms. The number of aliphatic imine (C=N–C) groups is 1. The molecule has 1 aliphatic heterocycles. The molecule has 0 amide bonds. The second kappa shape index (κ2) is 8.03. The van der Waals surface area contributed by atoms with Gasteiger partial charge in [-0.05, 0) is 38.5 Å². The summed E-state index contributed by atoms with van der Waals surface area (Å²) in [5, 5.41) is 5.80. The van der Waals surface area contributed by atoms with Gasteiger partial charge in [0.1, 0.15) is 0 Å². The minimum Gasteiger partial charge on any atom is -0.493 e. The fourth-order valence-corrected chi connectivity index (χ4v) is 4.67. The molecule has 0 fully saturated rings. The van der Waals surface area contributed by atoms with Gasteiger partial charge in [0.05, 0.1) is 24.8 Å². The van der Waals surface area contributed by atoms with E-state index in [-0.39, 0.29) is 11.8 Å². The average molecular weight is 422 g/mol. The van der Waals surface area contributed by atoms with Crippen molar-refractivity contribution in [1.82, 2.24) is 0 Å². The molecule has 0 spiro atoms. The van der Waals surface area contributed by atoms with Crippen LogP contribution in [0.25, 0.3) is 11.1 Å². The lowest BCUT2D eigenvalue weighted by Gasteiger charge is -2.44. The highest BCUT2D eigenvalue weighted by Gasteiger charge is 2.35. The smallest absolute Gasteiger partial charge is 0.197 e. The van der Waals surface area contributed by atoms with Crippen LogP contribution in [0, 0.1) is 0 Å². The van der Waals surface area contributed by atoms with Crippen molar-refractivity contribution in [3.8, 4) is 22.6 Å². The number of hydrogen-bond acceptors (Lipinski definition) is 6. The molecule has 1 atom stereocenters. The molecule has 1 aliphatic rings. The van der Waals surface area contributed by atoms with E-state index in [0.29, 0.717) is 11.5 Å². The third kappa shape index (κ3) is 3.75. The van der Waals surface area contributed by atoms with Crippen molar-refractivity contribution in [1.29, 1.82) is 0 Å². The van der Waals surface area contributed by atoms with Crippen molar-refractivity contribution in [3.05, 3.63) is 58.8 Å². The SMILES string of the molecule is COc1ccc(NC2N=Cc3scc(-c4ccccc4)c3N2C(C)(C)C)cc1OC. The van der Waals surface area contributed by atoms with Crippen molar-refractivity contribution in [3.63, 3.8) is 0 Å². The molecule has 0 saturated carbocycles. The minimum absolute atomic E-state index is 0.147. The van der Waals surface area contributed by atoms with E-state index in [1.807, 2.05) is 30.5 Å². The van der Waals surface area contributed by atoms with E-state index in [2.05, 4.69) is 60.6 Å².